The van der Waals surface area contributed by atoms with Gasteiger partial charge in [0.25, 0.3) is 5.91 Å². The third-order valence-corrected chi connectivity index (χ3v) is 7.44. The fourth-order valence-electron chi connectivity index (χ4n) is 4.37. The summed E-state index contributed by atoms with van der Waals surface area (Å²) in [6.07, 6.45) is 3.47. The van der Waals surface area contributed by atoms with E-state index in [1.807, 2.05) is 43.5 Å². The zero-order chi connectivity index (χ0) is 27.2. The molecule has 0 bridgehead atoms. The Hall–Kier alpha value is -3.65. The lowest BCUT2D eigenvalue weighted by Crippen LogP contribution is -2.27. The Morgan fingerprint density at radius 3 is 2.61 bits per heavy atom. The molecule has 1 amide bonds. The lowest BCUT2D eigenvalue weighted by Gasteiger charge is -2.13. The molecular formula is C30H36N4O3S. The molecule has 0 radical (unpaired) electrons. The first-order valence-corrected chi connectivity index (χ1v) is 13.8. The molecule has 38 heavy (non-hydrogen) atoms. The summed E-state index contributed by atoms with van der Waals surface area (Å²) in [4.78, 5) is 22.5. The van der Waals surface area contributed by atoms with Crippen LogP contribution in [0.2, 0.25) is 0 Å². The van der Waals surface area contributed by atoms with E-state index in [9.17, 15) is 4.79 Å². The second-order valence-electron chi connectivity index (χ2n) is 9.65. The highest BCUT2D eigenvalue weighted by Gasteiger charge is 2.21. The Morgan fingerprint density at radius 1 is 1.11 bits per heavy atom. The van der Waals surface area contributed by atoms with Crippen molar-refractivity contribution in [3.8, 4) is 33.5 Å². The molecule has 0 aliphatic rings. The number of aryl methyl sites for hydroxylation is 2. The van der Waals surface area contributed by atoms with Crippen molar-refractivity contribution in [3.05, 3.63) is 70.5 Å². The molecular weight excluding hydrogens is 496 g/mol. The van der Waals surface area contributed by atoms with Crippen LogP contribution in [0.4, 0.5) is 0 Å². The minimum Gasteiger partial charge on any atom is -0.493 e. The van der Waals surface area contributed by atoms with Crippen LogP contribution in [0, 0.1) is 12.8 Å². The van der Waals surface area contributed by atoms with E-state index in [1.54, 1.807) is 25.6 Å². The number of ether oxygens (including phenoxy) is 2. The summed E-state index contributed by atoms with van der Waals surface area (Å²) in [5, 5.41) is 6.08. The van der Waals surface area contributed by atoms with Crippen LogP contribution in [0.5, 0.6) is 11.5 Å². The topological polar surface area (TPSA) is 78.3 Å². The summed E-state index contributed by atoms with van der Waals surface area (Å²) in [5.41, 5.74) is 6.62. The van der Waals surface area contributed by atoms with Crippen LogP contribution in [0.3, 0.4) is 0 Å². The number of methoxy groups -OCH3 is 2. The smallest absolute Gasteiger partial charge is 0.253 e. The third-order valence-electron chi connectivity index (χ3n) is 6.55. The maximum absolute atomic E-state index is 13.1. The first kappa shape index (κ1) is 27.4. The SMILES string of the molecule is CCc1cc(-c2nc(-c3cc(C(=O)NCC(C)C)c(C)n3CCc3ccc(OC)c(OC)c3)cs2)ccn1. The second-order valence-corrected chi connectivity index (χ2v) is 10.5. The summed E-state index contributed by atoms with van der Waals surface area (Å²) >= 11 is 1.60. The first-order chi connectivity index (χ1) is 18.3. The number of pyridine rings is 1. The first-order valence-electron chi connectivity index (χ1n) is 12.9. The molecule has 3 aromatic heterocycles. The third kappa shape index (κ3) is 6.07. The van der Waals surface area contributed by atoms with Gasteiger partial charge in [0.1, 0.15) is 5.01 Å². The number of thiazole rings is 1. The summed E-state index contributed by atoms with van der Waals surface area (Å²) in [6.45, 7) is 9.61. The Bertz CT molecular complexity index is 1410. The molecule has 0 saturated carbocycles. The van der Waals surface area contributed by atoms with Crippen molar-refractivity contribution in [2.45, 2.75) is 47.1 Å². The Balaban J connectivity index is 1.69. The van der Waals surface area contributed by atoms with Gasteiger partial charge < -0.3 is 19.4 Å². The van der Waals surface area contributed by atoms with Crippen LogP contribution < -0.4 is 14.8 Å². The molecule has 3 heterocycles. The summed E-state index contributed by atoms with van der Waals surface area (Å²) in [6, 6.07) is 12.0. The van der Waals surface area contributed by atoms with Gasteiger partial charge in [0, 0.05) is 41.6 Å². The van der Waals surface area contributed by atoms with Crippen molar-refractivity contribution in [2.24, 2.45) is 5.92 Å². The Morgan fingerprint density at radius 2 is 1.89 bits per heavy atom. The van der Waals surface area contributed by atoms with Crippen molar-refractivity contribution >= 4 is 17.2 Å². The highest BCUT2D eigenvalue weighted by molar-refractivity contribution is 7.13. The number of nitrogens with one attached hydrogen (secondary N) is 1. The van der Waals surface area contributed by atoms with Gasteiger partial charge in [-0.2, -0.15) is 0 Å². The van der Waals surface area contributed by atoms with E-state index in [0.29, 0.717) is 36.1 Å². The molecule has 0 aliphatic carbocycles. The standard InChI is InChI=1S/C30H36N4O3S/c1-7-23-15-22(10-12-31-23)30-33-25(18-38-30)26-16-24(29(35)32-17-19(2)3)20(4)34(26)13-11-21-8-9-27(36-5)28(14-21)37-6/h8-10,12,14-16,18-19H,7,11,13,17H2,1-6H3,(H,32,35). The lowest BCUT2D eigenvalue weighted by molar-refractivity contribution is 0.0948. The van der Waals surface area contributed by atoms with Gasteiger partial charge in [-0.1, -0.05) is 26.8 Å². The molecule has 0 atom stereocenters. The minimum absolute atomic E-state index is 0.0560. The van der Waals surface area contributed by atoms with Gasteiger partial charge in [0.2, 0.25) is 0 Å². The van der Waals surface area contributed by atoms with Gasteiger partial charge in [0.05, 0.1) is 31.2 Å². The number of benzene rings is 1. The van der Waals surface area contributed by atoms with Crippen LogP contribution in [-0.4, -0.2) is 41.2 Å². The predicted octanol–water partition coefficient (Wildman–Crippen LogP) is 6.19. The van der Waals surface area contributed by atoms with E-state index in [2.05, 4.69) is 47.1 Å². The average Bonchev–Trinajstić information content (AvgIpc) is 3.55. The number of nitrogens with zero attached hydrogens (tertiary/aromatic N) is 3. The summed E-state index contributed by atoms with van der Waals surface area (Å²) in [7, 11) is 3.28. The number of rotatable bonds is 11. The fraction of sp³-hybridized carbons (Fsp3) is 0.367. The highest BCUT2D eigenvalue weighted by atomic mass is 32.1. The maximum Gasteiger partial charge on any atom is 0.253 e. The molecule has 8 heteroatoms. The number of carbonyl (C=O) groups is 1. The van der Waals surface area contributed by atoms with E-state index in [4.69, 9.17) is 14.5 Å². The highest BCUT2D eigenvalue weighted by Crippen LogP contribution is 2.33. The Labute approximate surface area is 228 Å². The van der Waals surface area contributed by atoms with E-state index < -0.39 is 0 Å². The molecule has 0 spiro atoms. The molecule has 0 saturated heterocycles. The van der Waals surface area contributed by atoms with Gasteiger partial charge in [0.15, 0.2) is 11.5 Å². The van der Waals surface area contributed by atoms with E-state index in [-0.39, 0.29) is 5.91 Å². The molecule has 4 aromatic rings. The van der Waals surface area contributed by atoms with Crippen LogP contribution in [-0.2, 0) is 19.4 Å². The predicted molar refractivity (Wildman–Crippen MR) is 153 cm³/mol. The van der Waals surface area contributed by atoms with Gasteiger partial charge in [-0.3, -0.25) is 9.78 Å². The second kappa shape index (κ2) is 12.3. The van der Waals surface area contributed by atoms with Gasteiger partial charge >= 0.3 is 0 Å². The van der Waals surface area contributed by atoms with E-state index in [0.717, 1.165) is 51.8 Å². The van der Waals surface area contributed by atoms with Crippen LogP contribution >= 0.6 is 11.3 Å². The van der Waals surface area contributed by atoms with Gasteiger partial charge in [-0.15, -0.1) is 11.3 Å². The van der Waals surface area contributed by atoms with E-state index in [1.165, 1.54) is 0 Å². The van der Waals surface area contributed by atoms with Gasteiger partial charge in [-0.05, 0) is 61.6 Å². The van der Waals surface area contributed by atoms with Crippen molar-refractivity contribution in [1.82, 2.24) is 19.9 Å². The normalized spacial score (nSPS) is 11.1. The van der Waals surface area contributed by atoms with Crippen molar-refractivity contribution in [3.63, 3.8) is 0 Å². The maximum atomic E-state index is 13.1. The largest absolute Gasteiger partial charge is 0.493 e. The summed E-state index contributed by atoms with van der Waals surface area (Å²) < 4.78 is 13.1. The molecule has 1 N–H and O–H groups in total. The molecule has 1 aromatic carbocycles. The zero-order valence-corrected chi connectivity index (χ0v) is 23.8. The zero-order valence-electron chi connectivity index (χ0n) is 23.0. The van der Waals surface area contributed by atoms with Crippen molar-refractivity contribution < 1.29 is 14.3 Å². The number of aromatic nitrogens is 3. The monoisotopic (exact) mass is 532 g/mol. The van der Waals surface area contributed by atoms with Crippen LogP contribution in [0.1, 0.15) is 48.1 Å². The number of hydrogen-bond donors (Lipinski definition) is 1. The molecule has 0 unspecified atom stereocenters. The minimum atomic E-state index is -0.0560. The lowest BCUT2D eigenvalue weighted by atomic mass is 10.1. The molecule has 200 valence electrons. The van der Waals surface area contributed by atoms with Crippen molar-refractivity contribution in [2.75, 3.05) is 20.8 Å². The molecule has 4 rings (SSSR count). The molecule has 0 aliphatic heterocycles. The number of hydrogen-bond acceptors (Lipinski definition) is 6. The van der Waals surface area contributed by atoms with Gasteiger partial charge in [-0.25, -0.2) is 4.98 Å². The molecule has 7 nitrogen and oxygen atoms in total. The van der Waals surface area contributed by atoms with Crippen LogP contribution in [0.15, 0.2) is 48.0 Å². The number of carbonyl (C=O) groups excluding carboxylic acids is 1. The quantitative estimate of drug-likeness (QED) is 0.249. The van der Waals surface area contributed by atoms with Crippen molar-refractivity contribution in [1.29, 1.82) is 0 Å². The summed E-state index contributed by atoms with van der Waals surface area (Å²) in [5.74, 6) is 1.73. The molecule has 0 fully saturated rings. The average molecular weight is 533 g/mol. The number of amides is 1. The Kier molecular flexibility index (Phi) is 8.84. The van der Waals surface area contributed by atoms with Crippen LogP contribution in [0.25, 0.3) is 22.0 Å². The fourth-order valence-corrected chi connectivity index (χ4v) is 5.18. The van der Waals surface area contributed by atoms with E-state index >= 15 is 0 Å².